The van der Waals surface area contributed by atoms with Gasteiger partial charge in [-0.05, 0) is 25.5 Å². The maximum absolute atomic E-state index is 11.8. The molecule has 0 aliphatic rings. The lowest BCUT2D eigenvalue weighted by atomic mass is 10.1. The van der Waals surface area contributed by atoms with Gasteiger partial charge in [0.25, 0.3) is 11.5 Å². The predicted octanol–water partition coefficient (Wildman–Crippen LogP) is 0.0237. The Labute approximate surface area is 110 Å². The summed E-state index contributed by atoms with van der Waals surface area (Å²) in [6.45, 7) is 3.76. The van der Waals surface area contributed by atoms with Gasteiger partial charge in [0.05, 0.1) is 0 Å². The molecule has 102 valence electrons. The van der Waals surface area contributed by atoms with Gasteiger partial charge in [-0.25, -0.2) is 0 Å². The van der Waals surface area contributed by atoms with Crippen molar-refractivity contribution in [1.82, 2.24) is 15.6 Å². The number of likely N-dealkylation sites (N-methyl/N-ethyl adjacent to an activating group) is 1. The Kier molecular flexibility index (Phi) is 5.05. The first kappa shape index (κ1) is 14.7. The molecule has 1 aromatic heterocycles. The number of carbonyl (C=O) groups excluding carboxylic acids is 2. The molecule has 0 unspecified atom stereocenters. The zero-order valence-corrected chi connectivity index (χ0v) is 11.2. The van der Waals surface area contributed by atoms with E-state index in [1.54, 1.807) is 13.0 Å². The van der Waals surface area contributed by atoms with Crippen molar-refractivity contribution < 1.29 is 9.59 Å². The van der Waals surface area contributed by atoms with Gasteiger partial charge in [0.15, 0.2) is 0 Å². The Hall–Kier alpha value is -2.37. The predicted molar refractivity (Wildman–Crippen MR) is 72.1 cm³/mol. The van der Waals surface area contributed by atoms with Crippen molar-refractivity contribution in [2.75, 3.05) is 13.6 Å². The van der Waals surface area contributed by atoms with Crippen LogP contribution in [0.25, 0.3) is 0 Å². The first-order chi connectivity index (χ1) is 8.95. The molecule has 0 radical (unpaired) electrons. The molecule has 0 saturated carbocycles. The van der Waals surface area contributed by atoms with E-state index in [-0.39, 0.29) is 18.0 Å². The lowest BCUT2D eigenvalue weighted by Gasteiger charge is -2.04. The molecule has 0 aliphatic carbocycles. The van der Waals surface area contributed by atoms with E-state index in [4.69, 9.17) is 0 Å². The highest BCUT2D eigenvalue weighted by Crippen LogP contribution is 2.02. The number of aryl methyl sites for hydroxylation is 2. The second-order valence-corrected chi connectivity index (χ2v) is 4.05. The van der Waals surface area contributed by atoms with E-state index >= 15 is 0 Å². The number of hydrogen-bond acceptors (Lipinski definition) is 3. The van der Waals surface area contributed by atoms with Crippen LogP contribution in [0, 0.1) is 13.8 Å². The van der Waals surface area contributed by atoms with Crippen molar-refractivity contribution in [1.29, 1.82) is 0 Å². The van der Waals surface area contributed by atoms with E-state index in [0.29, 0.717) is 0 Å². The molecule has 1 aromatic rings. The van der Waals surface area contributed by atoms with Crippen LogP contribution in [0.3, 0.4) is 0 Å². The SMILES string of the molecule is CNC(=O)/C=C/CNC(=O)c1cc(C)c(C)[nH]c1=O. The van der Waals surface area contributed by atoms with E-state index in [1.807, 2.05) is 6.92 Å². The van der Waals surface area contributed by atoms with Gasteiger partial charge >= 0.3 is 0 Å². The molecule has 3 N–H and O–H groups in total. The number of carbonyl (C=O) groups is 2. The van der Waals surface area contributed by atoms with Crippen molar-refractivity contribution in [3.05, 3.63) is 45.4 Å². The molecule has 0 bridgehead atoms. The van der Waals surface area contributed by atoms with Crippen LogP contribution >= 0.6 is 0 Å². The zero-order valence-electron chi connectivity index (χ0n) is 11.2. The number of H-pyrrole nitrogens is 1. The van der Waals surface area contributed by atoms with Crippen molar-refractivity contribution in [2.24, 2.45) is 0 Å². The number of aromatic nitrogens is 1. The molecule has 19 heavy (non-hydrogen) atoms. The van der Waals surface area contributed by atoms with Crippen LogP contribution in [0.2, 0.25) is 0 Å². The average Bonchev–Trinajstić information content (AvgIpc) is 2.38. The van der Waals surface area contributed by atoms with Gasteiger partial charge in [0.1, 0.15) is 5.56 Å². The largest absolute Gasteiger partial charge is 0.356 e. The Morgan fingerprint density at radius 1 is 1.37 bits per heavy atom. The van der Waals surface area contributed by atoms with E-state index in [9.17, 15) is 14.4 Å². The summed E-state index contributed by atoms with van der Waals surface area (Å²) < 4.78 is 0. The standard InChI is InChI=1S/C13H17N3O3/c1-8-7-10(13(19)16-9(8)2)12(18)15-6-4-5-11(17)14-3/h4-5,7H,6H2,1-3H3,(H,14,17)(H,15,18)(H,16,19)/b5-4+. The molecule has 6 nitrogen and oxygen atoms in total. The van der Waals surface area contributed by atoms with Crippen LogP contribution in [-0.4, -0.2) is 30.4 Å². The Morgan fingerprint density at radius 2 is 2.05 bits per heavy atom. The normalized spacial score (nSPS) is 10.5. The first-order valence-corrected chi connectivity index (χ1v) is 5.82. The highest BCUT2D eigenvalue weighted by atomic mass is 16.2. The second-order valence-electron chi connectivity index (χ2n) is 4.05. The topological polar surface area (TPSA) is 91.1 Å². The van der Waals surface area contributed by atoms with Gasteiger partial charge in [0, 0.05) is 25.4 Å². The number of rotatable bonds is 4. The minimum atomic E-state index is -0.467. The summed E-state index contributed by atoms with van der Waals surface area (Å²) in [5.41, 5.74) is 1.22. The van der Waals surface area contributed by atoms with Crippen molar-refractivity contribution in [3.63, 3.8) is 0 Å². The van der Waals surface area contributed by atoms with Gasteiger partial charge < -0.3 is 15.6 Å². The molecule has 0 saturated heterocycles. The summed E-state index contributed by atoms with van der Waals surface area (Å²) in [4.78, 5) is 36.9. The van der Waals surface area contributed by atoms with Crippen molar-refractivity contribution >= 4 is 11.8 Å². The molecule has 2 amide bonds. The molecule has 0 spiro atoms. The monoisotopic (exact) mass is 263 g/mol. The van der Waals surface area contributed by atoms with Crippen LogP contribution in [0.4, 0.5) is 0 Å². The summed E-state index contributed by atoms with van der Waals surface area (Å²) in [7, 11) is 1.51. The van der Waals surface area contributed by atoms with E-state index in [2.05, 4.69) is 15.6 Å². The van der Waals surface area contributed by atoms with Gasteiger partial charge in [-0.3, -0.25) is 14.4 Å². The van der Waals surface area contributed by atoms with E-state index in [1.165, 1.54) is 19.2 Å². The van der Waals surface area contributed by atoms with Gasteiger partial charge in [-0.15, -0.1) is 0 Å². The third-order valence-electron chi connectivity index (χ3n) is 2.64. The minimum absolute atomic E-state index is 0.0662. The van der Waals surface area contributed by atoms with Crippen LogP contribution in [0.5, 0.6) is 0 Å². The third-order valence-corrected chi connectivity index (χ3v) is 2.64. The Balaban J connectivity index is 2.69. The zero-order chi connectivity index (χ0) is 14.4. The molecule has 1 heterocycles. The minimum Gasteiger partial charge on any atom is -0.356 e. The van der Waals surface area contributed by atoms with E-state index in [0.717, 1.165) is 11.3 Å². The summed E-state index contributed by atoms with van der Waals surface area (Å²) in [5, 5.41) is 4.95. The molecule has 1 rings (SSSR count). The molecule has 0 aliphatic heterocycles. The lowest BCUT2D eigenvalue weighted by molar-refractivity contribution is -0.116. The molecule has 6 heteroatoms. The average molecular weight is 263 g/mol. The smallest absolute Gasteiger partial charge is 0.261 e. The van der Waals surface area contributed by atoms with Crippen LogP contribution < -0.4 is 16.2 Å². The summed E-state index contributed by atoms with van der Waals surface area (Å²) in [5.74, 6) is -0.718. The molecule has 0 atom stereocenters. The van der Waals surface area contributed by atoms with E-state index < -0.39 is 11.5 Å². The van der Waals surface area contributed by atoms with Crippen molar-refractivity contribution in [3.8, 4) is 0 Å². The van der Waals surface area contributed by atoms with Gasteiger partial charge in [0.2, 0.25) is 5.91 Å². The lowest BCUT2D eigenvalue weighted by Crippen LogP contribution is -2.30. The van der Waals surface area contributed by atoms with Gasteiger partial charge in [-0.2, -0.15) is 0 Å². The van der Waals surface area contributed by atoms with Crippen LogP contribution in [0.1, 0.15) is 21.6 Å². The van der Waals surface area contributed by atoms with Crippen LogP contribution in [0.15, 0.2) is 23.0 Å². The van der Waals surface area contributed by atoms with Gasteiger partial charge in [-0.1, -0.05) is 6.08 Å². The fourth-order valence-corrected chi connectivity index (χ4v) is 1.39. The molecular formula is C13H17N3O3. The van der Waals surface area contributed by atoms with Crippen LogP contribution in [-0.2, 0) is 4.79 Å². The number of pyridine rings is 1. The summed E-state index contributed by atoms with van der Waals surface area (Å²) in [6, 6.07) is 1.55. The number of nitrogens with one attached hydrogen (secondary N) is 3. The summed E-state index contributed by atoms with van der Waals surface area (Å²) >= 11 is 0. The maximum atomic E-state index is 11.8. The molecule has 0 aromatic carbocycles. The number of hydrogen-bond donors (Lipinski definition) is 3. The highest BCUT2D eigenvalue weighted by molar-refractivity contribution is 5.94. The third kappa shape index (κ3) is 4.09. The van der Waals surface area contributed by atoms with Crippen molar-refractivity contribution in [2.45, 2.75) is 13.8 Å². The Bertz CT molecular complexity index is 573. The fraction of sp³-hybridized carbons (Fsp3) is 0.308. The maximum Gasteiger partial charge on any atom is 0.261 e. The fourth-order valence-electron chi connectivity index (χ4n) is 1.39. The highest BCUT2D eigenvalue weighted by Gasteiger charge is 2.10. The quantitative estimate of drug-likeness (QED) is 0.669. The number of aromatic amines is 1. The first-order valence-electron chi connectivity index (χ1n) is 5.82. The summed E-state index contributed by atoms with van der Waals surface area (Å²) in [6.07, 6.45) is 2.82. The number of amides is 2. The Morgan fingerprint density at radius 3 is 2.68 bits per heavy atom. The second kappa shape index (κ2) is 6.53. The molecular weight excluding hydrogens is 246 g/mol. The molecule has 0 fully saturated rings.